The summed E-state index contributed by atoms with van der Waals surface area (Å²) < 4.78 is 0. The molecule has 0 atom stereocenters. The summed E-state index contributed by atoms with van der Waals surface area (Å²) in [5, 5.41) is 13.5. The lowest BCUT2D eigenvalue weighted by atomic mass is 10.2. The molecule has 0 saturated carbocycles. The Bertz CT molecular complexity index is 698. The van der Waals surface area contributed by atoms with E-state index in [0.717, 1.165) is 11.3 Å². The summed E-state index contributed by atoms with van der Waals surface area (Å²) in [6.07, 6.45) is 1.64. The average molecular weight is 284 g/mol. The summed E-state index contributed by atoms with van der Waals surface area (Å²) in [5.41, 5.74) is 1.74. The minimum atomic E-state index is -0.265. The quantitative estimate of drug-likeness (QED) is 0.886. The highest BCUT2D eigenvalue weighted by molar-refractivity contribution is 5.93. The molecule has 0 aromatic carbocycles. The lowest BCUT2D eigenvalue weighted by Gasteiger charge is -2.08. The molecule has 0 fully saturated rings. The molecule has 7 heteroatoms. The molecule has 0 unspecified atom stereocenters. The fraction of sp³-hybridized carbons (Fsp3) is 0.214. The second kappa shape index (κ2) is 6.08. The van der Waals surface area contributed by atoms with Crippen LogP contribution in [0.3, 0.4) is 0 Å². The first kappa shape index (κ1) is 14.6. The molecule has 0 aliphatic carbocycles. The van der Waals surface area contributed by atoms with Gasteiger partial charge in [-0.05, 0) is 31.6 Å². The van der Waals surface area contributed by atoms with Crippen molar-refractivity contribution in [1.29, 1.82) is 0 Å². The highest BCUT2D eigenvalue weighted by atomic mass is 16.1. The van der Waals surface area contributed by atoms with Gasteiger partial charge < -0.3 is 10.6 Å². The second-order valence-corrected chi connectivity index (χ2v) is 4.39. The van der Waals surface area contributed by atoms with Gasteiger partial charge in [0.25, 0.3) is 5.91 Å². The zero-order valence-corrected chi connectivity index (χ0v) is 12.1. The molecule has 0 saturated heterocycles. The smallest absolute Gasteiger partial charge is 0.271 e. The van der Waals surface area contributed by atoms with E-state index in [1.807, 2.05) is 0 Å². The Hall–Kier alpha value is -2.83. The van der Waals surface area contributed by atoms with Crippen LogP contribution >= 0.6 is 0 Å². The maximum absolute atomic E-state index is 11.6. The molecule has 21 heavy (non-hydrogen) atoms. The van der Waals surface area contributed by atoms with Gasteiger partial charge >= 0.3 is 0 Å². The van der Waals surface area contributed by atoms with Crippen LogP contribution in [0.1, 0.15) is 27.6 Å². The maximum atomic E-state index is 11.6. The van der Waals surface area contributed by atoms with Crippen molar-refractivity contribution >= 4 is 23.6 Å². The first-order valence-corrected chi connectivity index (χ1v) is 6.35. The van der Waals surface area contributed by atoms with Gasteiger partial charge in [0.15, 0.2) is 11.5 Å². The van der Waals surface area contributed by atoms with Crippen LogP contribution in [0.4, 0.5) is 11.6 Å². The van der Waals surface area contributed by atoms with Crippen molar-refractivity contribution in [3.05, 3.63) is 41.5 Å². The minimum Gasteiger partial charge on any atom is -0.354 e. The van der Waals surface area contributed by atoms with E-state index in [1.165, 1.54) is 0 Å². The third-order valence-corrected chi connectivity index (χ3v) is 2.75. The second-order valence-electron chi connectivity index (χ2n) is 4.39. The molecule has 2 heterocycles. The van der Waals surface area contributed by atoms with Crippen LogP contribution in [0.5, 0.6) is 0 Å². The number of nitrogens with one attached hydrogen (secondary N) is 2. The van der Waals surface area contributed by atoms with Crippen molar-refractivity contribution in [2.75, 3.05) is 12.4 Å². The molecule has 7 nitrogen and oxygen atoms in total. The minimum absolute atomic E-state index is 0.265. The number of hydrogen-bond acceptors (Lipinski definition) is 6. The van der Waals surface area contributed by atoms with E-state index in [0.29, 0.717) is 23.2 Å². The van der Waals surface area contributed by atoms with Gasteiger partial charge in [0.1, 0.15) is 11.6 Å². The number of hydrogen-bond donors (Lipinski definition) is 2. The van der Waals surface area contributed by atoms with Crippen molar-refractivity contribution < 1.29 is 4.79 Å². The van der Waals surface area contributed by atoms with Gasteiger partial charge in [0.2, 0.25) is 0 Å². The fourth-order valence-corrected chi connectivity index (χ4v) is 1.78. The molecule has 0 aliphatic heterocycles. The highest BCUT2D eigenvalue weighted by Gasteiger charge is 2.11. The molecule has 1 amide bonds. The number of carbonyl (C=O) groups is 1. The van der Waals surface area contributed by atoms with Gasteiger partial charge in [-0.3, -0.25) is 4.79 Å². The van der Waals surface area contributed by atoms with Crippen LogP contribution in [-0.4, -0.2) is 33.1 Å². The lowest BCUT2D eigenvalue weighted by Crippen LogP contribution is -2.21. The summed E-state index contributed by atoms with van der Waals surface area (Å²) in [6.45, 7) is 7.28. The van der Waals surface area contributed by atoms with Crippen LogP contribution in [-0.2, 0) is 0 Å². The van der Waals surface area contributed by atoms with E-state index in [2.05, 4.69) is 37.4 Å². The molecule has 0 aliphatic rings. The maximum Gasteiger partial charge on any atom is 0.271 e. The average Bonchev–Trinajstić information content (AvgIpc) is 2.46. The van der Waals surface area contributed by atoms with Crippen LogP contribution in [0, 0.1) is 13.8 Å². The van der Waals surface area contributed by atoms with E-state index in [-0.39, 0.29) is 5.91 Å². The van der Waals surface area contributed by atoms with Crippen molar-refractivity contribution in [3.63, 3.8) is 0 Å². The number of aryl methyl sites for hydroxylation is 2. The molecular weight excluding hydrogens is 268 g/mol. The Morgan fingerprint density at radius 1 is 1.19 bits per heavy atom. The predicted molar refractivity (Wildman–Crippen MR) is 80.3 cm³/mol. The SMILES string of the molecule is C=Cc1cc(Nc2cc(C)c(C(=O)NC)nn2)nc(C)n1. The number of rotatable bonds is 4. The van der Waals surface area contributed by atoms with Crippen molar-refractivity contribution in [2.24, 2.45) is 0 Å². The number of anilines is 2. The molecule has 2 rings (SSSR count). The Morgan fingerprint density at radius 2 is 1.95 bits per heavy atom. The number of carbonyl (C=O) groups excluding carboxylic acids is 1. The van der Waals surface area contributed by atoms with Crippen molar-refractivity contribution in [2.45, 2.75) is 13.8 Å². The Balaban J connectivity index is 2.28. The molecule has 0 spiro atoms. The molecule has 2 aromatic heterocycles. The zero-order valence-electron chi connectivity index (χ0n) is 12.1. The molecule has 2 N–H and O–H groups in total. The van der Waals surface area contributed by atoms with E-state index in [4.69, 9.17) is 0 Å². The Morgan fingerprint density at radius 3 is 2.57 bits per heavy atom. The summed E-state index contributed by atoms with van der Waals surface area (Å²) in [4.78, 5) is 20.0. The van der Waals surface area contributed by atoms with Crippen LogP contribution < -0.4 is 10.6 Å². The van der Waals surface area contributed by atoms with Gasteiger partial charge in [-0.1, -0.05) is 6.58 Å². The first-order chi connectivity index (χ1) is 10.0. The van der Waals surface area contributed by atoms with Gasteiger partial charge in [0.05, 0.1) is 5.69 Å². The first-order valence-electron chi connectivity index (χ1n) is 6.35. The Kier molecular flexibility index (Phi) is 4.22. The zero-order chi connectivity index (χ0) is 15.4. The molecule has 2 aromatic rings. The van der Waals surface area contributed by atoms with Gasteiger partial charge in [-0.25, -0.2) is 9.97 Å². The standard InChI is InChI=1S/C14H16N6O/c1-5-10-7-11(17-9(3)16-10)18-12-6-8(2)13(20-19-12)14(21)15-4/h5-7H,1H2,2-4H3,(H,15,21)(H,16,17,18,19). The van der Waals surface area contributed by atoms with E-state index in [9.17, 15) is 4.79 Å². The lowest BCUT2D eigenvalue weighted by molar-refractivity contribution is 0.0956. The third kappa shape index (κ3) is 3.38. The topological polar surface area (TPSA) is 92.7 Å². The molecule has 108 valence electrons. The molecule has 0 bridgehead atoms. The van der Waals surface area contributed by atoms with Crippen molar-refractivity contribution in [3.8, 4) is 0 Å². The number of aromatic nitrogens is 4. The monoisotopic (exact) mass is 284 g/mol. The molecular formula is C14H16N6O. The summed E-state index contributed by atoms with van der Waals surface area (Å²) in [5.74, 6) is 1.46. The normalized spacial score (nSPS) is 10.0. The van der Waals surface area contributed by atoms with Gasteiger partial charge in [0, 0.05) is 13.1 Å². The Labute approximate surface area is 122 Å². The summed E-state index contributed by atoms with van der Waals surface area (Å²) in [6, 6.07) is 3.49. The highest BCUT2D eigenvalue weighted by Crippen LogP contribution is 2.15. The summed E-state index contributed by atoms with van der Waals surface area (Å²) in [7, 11) is 1.55. The van der Waals surface area contributed by atoms with E-state index < -0.39 is 0 Å². The van der Waals surface area contributed by atoms with Crippen LogP contribution in [0.25, 0.3) is 6.08 Å². The van der Waals surface area contributed by atoms with E-state index in [1.54, 1.807) is 39.1 Å². The van der Waals surface area contributed by atoms with Crippen LogP contribution in [0.2, 0.25) is 0 Å². The third-order valence-electron chi connectivity index (χ3n) is 2.75. The largest absolute Gasteiger partial charge is 0.354 e. The number of nitrogens with zero attached hydrogens (tertiary/aromatic N) is 4. The fourth-order valence-electron chi connectivity index (χ4n) is 1.78. The van der Waals surface area contributed by atoms with Crippen molar-refractivity contribution in [1.82, 2.24) is 25.5 Å². The molecule has 0 radical (unpaired) electrons. The van der Waals surface area contributed by atoms with Gasteiger partial charge in [-0.15, -0.1) is 10.2 Å². The predicted octanol–water partition coefficient (Wildman–Crippen LogP) is 1.63. The van der Waals surface area contributed by atoms with Crippen LogP contribution in [0.15, 0.2) is 18.7 Å². The van der Waals surface area contributed by atoms with Gasteiger partial charge in [-0.2, -0.15) is 0 Å². The number of amides is 1. The van der Waals surface area contributed by atoms with E-state index >= 15 is 0 Å². The summed E-state index contributed by atoms with van der Waals surface area (Å²) >= 11 is 0.